The summed E-state index contributed by atoms with van der Waals surface area (Å²) >= 11 is 1.58. The summed E-state index contributed by atoms with van der Waals surface area (Å²) in [6.45, 7) is 0. The van der Waals surface area contributed by atoms with Crippen LogP contribution in [0.4, 0.5) is 0 Å². The van der Waals surface area contributed by atoms with E-state index < -0.39 is 0 Å². The molecule has 0 heterocycles. The molecule has 0 saturated carbocycles. The monoisotopic (exact) mass is 152 g/mol. The molecule has 0 amide bonds. The Morgan fingerprint density at radius 3 is 2.70 bits per heavy atom. The first kappa shape index (κ1) is 7.35. The maximum absolute atomic E-state index is 10.8. The number of rotatable bonds is 1. The second kappa shape index (κ2) is 3.42. The van der Waals surface area contributed by atoms with Crippen molar-refractivity contribution in [1.82, 2.24) is 0 Å². The van der Waals surface area contributed by atoms with E-state index in [9.17, 15) is 4.79 Å². The Balaban J connectivity index is 3.22. The second-order valence-electron chi connectivity index (χ2n) is 1.87. The summed E-state index contributed by atoms with van der Waals surface area (Å²) < 4.78 is 0. The van der Waals surface area contributed by atoms with Gasteiger partial charge in [0, 0.05) is 4.90 Å². The van der Waals surface area contributed by atoms with Crippen molar-refractivity contribution in [3.63, 3.8) is 0 Å². The molecule has 0 aromatic heterocycles. The van der Waals surface area contributed by atoms with Crippen LogP contribution in [0.3, 0.4) is 0 Å². The Kier molecular flexibility index (Phi) is 2.51. The number of thioether (sulfide) groups is 1. The largest absolute Gasteiger partial charge is 0.290 e. The van der Waals surface area contributed by atoms with Crippen LogP contribution >= 0.6 is 11.8 Å². The normalized spacial score (nSPS) is 9.30. The molecule has 1 aromatic rings. The molecule has 1 aromatic carbocycles. The van der Waals surface area contributed by atoms with E-state index in [2.05, 4.69) is 0 Å². The maximum Gasteiger partial charge on any atom is 0.179 e. The van der Waals surface area contributed by atoms with Crippen LogP contribution in [-0.2, 0) is 0 Å². The van der Waals surface area contributed by atoms with Crippen molar-refractivity contribution in [3.05, 3.63) is 40.6 Å². The molecule has 0 saturated heterocycles. The van der Waals surface area contributed by atoms with Gasteiger partial charge in [-0.25, -0.2) is 0 Å². The molecule has 52 valence electrons. The Bertz CT molecular complexity index is 270. The van der Waals surface area contributed by atoms with Crippen LogP contribution in [0.2, 0.25) is 0 Å². The summed E-state index contributed by atoms with van der Waals surface area (Å²) in [4.78, 5) is 11.8. The molecule has 1 nitrogen and oxygen atoms in total. The molecule has 0 bridgehead atoms. The third-order valence-electron chi connectivity index (χ3n) is 1.15. The summed E-state index contributed by atoms with van der Waals surface area (Å²) in [5.41, 5.74) is 0.0642. The summed E-state index contributed by atoms with van der Waals surface area (Å²) in [6, 6.07) is 8.73. The summed E-state index contributed by atoms with van der Waals surface area (Å²) in [6.07, 6.45) is 1.95. The standard InChI is InChI=1S/C8H8OS/c1-10-8-5-3-2-4-7(9)6-8/h2-6H,1H3. The quantitative estimate of drug-likeness (QED) is 0.570. The van der Waals surface area contributed by atoms with E-state index in [-0.39, 0.29) is 5.43 Å². The Hall–Kier alpha value is -0.760. The Labute approximate surface area is 64.1 Å². The van der Waals surface area contributed by atoms with E-state index >= 15 is 0 Å². The van der Waals surface area contributed by atoms with Gasteiger partial charge in [-0.2, -0.15) is 0 Å². The van der Waals surface area contributed by atoms with Crippen LogP contribution in [0, 0.1) is 0 Å². The molecular formula is C8H8OS. The molecule has 0 spiro atoms. The average molecular weight is 152 g/mol. The lowest BCUT2D eigenvalue weighted by Crippen LogP contribution is -1.89. The van der Waals surface area contributed by atoms with Gasteiger partial charge in [-0.15, -0.1) is 11.8 Å². The molecule has 0 atom stereocenters. The fraction of sp³-hybridized carbons (Fsp3) is 0.125. The van der Waals surface area contributed by atoms with Gasteiger partial charge in [-0.05, 0) is 24.5 Å². The number of hydrogen-bond acceptors (Lipinski definition) is 2. The lowest BCUT2D eigenvalue weighted by atomic mass is 10.5. The van der Waals surface area contributed by atoms with E-state index in [1.807, 2.05) is 18.4 Å². The first-order valence-electron chi connectivity index (χ1n) is 2.97. The van der Waals surface area contributed by atoms with Crippen molar-refractivity contribution < 1.29 is 0 Å². The second-order valence-corrected chi connectivity index (χ2v) is 2.75. The summed E-state index contributed by atoms with van der Waals surface area (Å²) in [5.74, 6) is 0. The highest BCUT2D eigenvalue weighted by Gasteiger charge is 1.85. The lowest BCUT2D eigenvalue weighted by Gasteiger charge is -1.83. The van der Waals surface area contributed by atoms with Gasteiger partial charge in [0.25, 0.3) is 0 Å². The van der Waals surface area contributed by atoms with Crippen LogP contribution in [0.15, 0.2) is 40.0 Å². The molecule has 0 aliphatic rings. The highest BCUT2D eigenvalue weighted by Crippen LogP contribution is 2.08. The van der Waals surface area contributed by atoms with E-state index in [1.165, 1.54) is 0 Å². The van der Waals surface area contributed by atoms with Gasteiger partial charge in [0.2, 0.25) is 0 Å². The van der Waals surface area contributed by atoms with Crippen molar-refractivity contribution in [1.29, 1.82) is 0 Å². The van der Waals surface area contributed by atoms with Gasteiger partial charge in [-0.1, -0.05) is 12.1 Å². The molecule has 0 radical (unpaired) electrons. The van der Waals surface area contributed by atoms with Crippen molar-refractivity contribution in [2.45, 2.75) is 4.90 Å². The molecular weight excluding hydrogens is 144 g/mol. The molecule has 0 aliphatic heterocycles. The minimum absolute atomic E-state index is 0.0642. The van der Waals surface area contributed by atoms with Crippen molar-refractivity contribution in [2.75, 3.05) is 6.26 Å². The van der Waals surface area contributed by atoms with Crippen LogP contribution in [-0.4, -0.2) is 6.26 Å². The van der Waals surface area contributed by atoms with Crippen LogP contribution in [0.25, 0.3) is 0 Å². The maximum atomic E-state index is 10.8. The van der Waals surface area contributed by atoms with E-state index in [0.29, 0.717) is 0 Å². The molecule has 0 fully saturated rings. The summed E-state index contributed by atoms with van der Waals surface area (Å²) in [5, 5.41) is 0. The SMILES string of the molecule is CSc1ccccc(=O)c1. The van der Waals surface area contributed by atoms with Gasteiger partial charge in [0.05, 0.1) is 0 Å². The Morgan fingerprint density at radius 1 is 1.30 bits per heavy atom. The molecule has 2 heteroatoms. The first-order chi connectivity index (χ1) is 4.83. The number of hydrogen-bond donors (Lipinski definition) is 0. The van der Waals surface area contributed by atoms with Gasteiger partial charge in [0.1, 0.15) is 0 Å². The first-order valence-corrected chi connectivity index (χ1v) is 4.20. The van der Waals surface area contributed by atoms with Gasteiger partial charge in [-0.3, -0.25) is 4.79 Å². The van der Waals surface area contributed by atoms with Crippen molar-refractivity contribution in [2.24, 2.45) is 0 Å². The van der Waals surface area contributed by atoms with E-state index in [1.54, 1.807) is 30.0 Å². The minimum atomic E-state index is 0.0642. The molecule has 0 aliphatic carbocycles. The third kappa shape index (κ3) is 1.88. The zero-order chi connectivity index (χ0) is 7.40. The van der Waals surface area contributed by atoms with Crippen molar-refractivity contribution >= 4 is 11.8 Å². The molecule has 1 rings (SSSR count). The molecule has 0 unspecified atom stereocenters. The third-order valence-corrected chi connectivity index (χ3v) is 1.88. The van der Waals surface area contributed by atoms with Crippen molar-refractivity contribution in [3.8, 4) is 0 Å². The van der Waals surface area contributed by atoms with Crippen LogP contribution < -0.4 is 5.43 Å². The fourth-order valence-electron chi connectivity index (χ4n) is 0.664. The highest BCUT2D eigenvalue weighted by molar-refractivity contribution is 7.98. The molecule has 0 N–H and O–H groups in total. The van der Waals surface area contributed by atoms with E-state index in [0.717, 1.165) is 4.90 Å². The lowest BCUT2D eigenvalue weighted by molar-refractivity contribution is 1.49. The van der Waals surface area contributed by atoms with Gasteiger partial charge >= 0.3 is 0 Å². The average Bonchev–Trinajstić information content (AvgIpc) is 2.13. The van der Waals surface area contributed by atoms with Crippen LogP contribution in [0.1, 0.15) is 0 Å². The van der Waals surface area contributed by atoms with Crippen LogP contribution in [0.5, 0.6) is 0 Å². The topological polar surface area (TPSA) is 17.1 Å². The fourth-order valence-corrected chi connectivity index (χ4v) is 1.11. The van der Waals surface area contributed by atoms with Gasteiger partial charge < -0.3 is 0 Å². The molecule has 10 heavy (non-hydrogen) atoms. The predicted octanol–water partition coefficient (Wildman–Crippen LogP) is 1.77. The smallest absolute Gasteiger partial charge is 0.179 e. The predicted molar refractivity (Wildman–Crippen MR) is 44.5 cm³/mol. The highest BCUT2D eigenvalue weighted by atomic mass is 32.2. The zero-order valence-electron chi connectivity index (χ0n) is 5.70. The zero-order valence-corrected chi connectivity index (χ0v) is 6.52. The summed E-state index contributed by atoms with van der Waals surface area (Å²) in [7, 11) is 0. The minimum Gasteiger partial charge on any atom is -0.290 e. The Morgan fingerprint density at radius 2 is 2.00 bits per heavy atom. The van der Waals surface area contributed by atoms with Gasteiger partial charge in [0.15, 0.2) is 5.43 Å². The van der Waals surface area contributed by atoms with E-state index in [4.69, 9.17) is 0 Å².